The molecule has 0 aliphatic carbocycles. The molecule has 3 unspecified atom stereocenters. The van der Waals surface area contributed by atoms with E-state index in [4.69, 9.17) is 37.0 Å². The molecule has 0 amide bonds. The highest BCUT2D eigenvalue weighted by molar-refractivity contribution is 7.47. The van der Waals surface area contributed by atoms with Gasteiger partial charge < -0.3 is 33.8 Å². The molecular formula is C77H150O17P2. The molecule has 0 spiro atoms. The number of hydrogen-bond donors (Lipinski definition) is 3. The number of hydrogen-bond acceptors (Lipinski definition) is 15. The minimum absolute atomic E-state index is 0.106. The van der Waals surface area contributed by atoms with Crippen molar-refractivity contribution < 1.29 is 80.2 Å². The van der Waals surface area contributed by atoms with Crippen LogP contribution in [-0.4, -0.2) is 96.7 Å². The summed E-state index contributed by atoms with van der Waals surface area (Å²) in [7, 11) is -9.91. The van der Waals surface area contributed by atoms with Crippen molar-refractivity contribution in [3.8, 4) is 0 Å². The van der Waals surface area contributed by atoms with Gasteiger partial charge in [-0.25, -0.2) is 9.13 Å². The molecule has 0 aromatic rings. The number of carbonyl (C=O) groups is 4. The molecule has 570 valence electrons. The van der Waals surface area contributed by atoms with Gasteiger partial charge in [0.05, 0.1) is 26.4 Å². The van der Waals surface area contributed by atoms with Crippen LogP contribution in [0.25, 0.3) is 0 Å². The van der Waals surface area contributed by atoms with Crippen LogP contribution in [0.4, 0.5) is 0 Å². The molecular weight excluding hydrogens is 1260 g/mol. The standard InChI is InChI=1S/C77H150O17P2/c1-7-10-12-14-16-17-18-19-20-21-22-23-24-27-31-37-43-49-55-61-76(81)94-73(66-88-75(80)60-54-48-42-36-30-28-25-26-29-34-40-45-51-57-69(4)5)68-92-96(85,86)90-64-71(78)63-89-95(83,84)91-67-72(65-87-74(79)59-53-47-39-15-13-11-8-2)93-77(82)62-56-50-44-38-33-32-35-41-46-52-58-70(6)9-3/h69-73,78H,7-68H2,1-6H3,(H,83,84)(H,85,86)/t70?,71-,72+,73+/m0/s1. The van der Waals surface area contributed by atoms with E-state index in [1.54, 1.807) is 0 Å². The van der Waals surface area contributed by atoms with Crippen molar-refractivity contribution in [1.29, 1.82) is 0 Å². The van der Waals surface area contributed by atoms with E-state index in [0.717, 1.165) is 115 Å². The average Bonchev–Trinajstić information content (AvgIpc) is 1.62. The van der Waals surface area contributed by atoms with Gasteiger partial charge in [0.1, 0.15) is 19.3 Å². The Labute approximate surface area is 588 Å². The summed E-state index contributed by atoms with van der Waals surface area (Å²) in [5, 5.41) is 10.6. The predicted octanol–water partition coefficient (Wildman–Crippen LogP) is 22.7. The largest absolute Gasteiger partial charge is 0.472 e. The van der Waals surface area contributed by atoms with Crippen LogP contribution in [-0.2, 0) is 65.4 Å². The molecule has 96 heavy (non-hydrogen) atoms. The van der Waals surface area contributed by atoms with Gasteiger partial charge in [-0.3, -0.25) is 37.3 Å². The topological polar surface area (TPSA) is 237 Å². The third-order valence-electron chi connectivity index (χ3n) is 18.3. The molecule has 0 heterocycles. The summed E-state index contributed by atoms with van der Waals surface area (Å²) >= 11 is 0. The quantitative estimate of drug-likeness (QED) is 0.0222. The van der Waals surface area contributed by atoms with E-state index < -0.39 is 97.5 Å². The zero-order valence-electron chi connectivity index (χ0n) is 62.7. The van der Waals surface area contributed by atoms with Crippen LogP contribution in [0, 0.1) is 11.8 Å². The summed E-state index contributed by atoms with van der Waals surface area (Å²) in [6.45, 7) is 9.61. The third-order valence-corrected chi connectivity index (χ3v) is 20.2. The molecule has 0 fully saturated rings. The van der Waals surface area contributed by atoms with Crippen LogP contribution in [0.2, 0.25) is 0 Å². The average molecular weight is 1410 g/mol. The molecule has 0 aliphatic heterocycles. The lowest BCUT2D eigenvalue weighted by Crippen LogP contribution is -2.30. The number of unbranched alkanes of at least 4 members (excludes halogenated alkanes) is 45. The minimum atomic E-state index is -4.96. The lowest BCUT2D eigenvalue weighted by molar-refractivity contribution is -0.161. The molecule has 0 radical (unpaired) electrons. The van der Waals surface area contributed by atoms with Gasteiger partial charge in [-0.1, -0.05) is 350 Å². The molecule has 19 heteroatoms. The maximum Gasteiger partial charge on any atom is 0.472 e. The van der Waals surface area contributed by atoms with E-state index in [-0.39, 0.29) is 25.7 Å². The lowest BCUT2D eigenvalue weighted by atomic mass is 9.99. The molecule has 6 atom stereocenters. The van der Waals surface area contributed by atoms with Crippen LogP contribution < -0.4 is 0 Å². The number of aliphatic hydroxyl groups is 1. The maximum atomic E-state index is 13.1. The SMILES string of the molecule is CCCCCCCCCCCCCCCCCCCCCC(=O)O[C@H](COC(=O)CCCCCCCCCCCCCCCC(C)C)COP(=O)(O)OC[C@@H](O)COP(=O)(O)OC[C@@H](COC(=O)CCCCCCCCC)OC(=O)CCCCCCCCCCCCC(C)CC. The Hall–Kier alpha value is -1.94. The van der Waals surface area contributed by atoms with E-state index in [0.29, 0.717) is 25.7 Å². The monoisotopic (exact) mass is 1410 g/mol. The maximum absolute atomic E-state index is 13.1. The van der Waals surface area contributed by atoms with Gasteiger partial charge in [0, 0.05) is 25.7 Å². The summed E-state index contributed by atoms with van der Waals surface area (Å²) < 4.78 is 68.5. The van der Waals surface area contributed by atoms with Gasteiger partial charge in [0.15, 0.2) is 12.2 Å². The molecule has 3 N–H and O–H groups in total. The fourth-order valence-corrected chi connectivity index (χ4v) is 13.4. The van der Waals surface area contributed by atoms with E-state index in [9.17, 15) is 43.2 Å². The Kier molecular flexibility index (Phi) is 67.4. The third kappa shape index (κ3) is 69.2. The summed E-state index contributed by atoms with van der Waals surface area (Å²) in [5.74, 6) is -0.524. The van der Waals surface area contributed by atoms with Gasteiger partial charge in [-0.05, 0) is 37.5 Å². The molecule has 0 aliphatic rings. The van der Waals surface area contributed by atoms with Crippen molar-refractivity contribution in [3.63, 3.8) is 0 Å². The van der Waals surface area contributed by atoms with Gasteiger partial charge in [-0.15, -0.1) is 0 Å². The highest BCUT2D eigenvalue weighted by Crippen LogP contribution is 2.45. The van der Waals surface area contributed by atoms with E-state index >= 15 is 0 Å². The number of phosphoric ester groups is 2. The lowest BCUT2D eigenvalue weighted by Gasteiger charge is -2.21. The Bertz CT molecular complexity index is 1860. The second-order valence-corrected chi connectivity index (χ2v) is 31.4. The number of rotatable bonds is 76. The Balaban J connectivity index is 5.19. The van der Waals surface area contributed by atoms with Crippen molar-refractivity contribution in [3.05, 3.63) is 0 Å². The van der Waals surface area contributed by atoms with Gasteiger partial charge >= 0.3 is 39.5 Å². The van der Waals surface area contributed by atoms with E-state index in [1.807, 2.05) is 0 Å². The van der Waals surface area contributed by atoms with Gasteiger partial charge in [0.2, 0.25) is 0 Å². The summed E-state index contributed by atoms with van der Waals surface area (Å²) in [6, 6.07) is 0. The molecule has 17 nitrogen and oxygen atoms in total. The van der Waals surface area contributed by atoms with Crippen molar-refractivity contribution in [2.75, 3.05) is 39.6 Å². The second kappa shape index (κ2) is 68.8. The highest BCUT2D eigenvalue weighted by atomic mass is 31.2. The molecule has 0 aromatic carbocycles. The van der Waals surface area contributed by atoms with Crippen LogP contribution in [0.3, 0.4) is 0 Å². The molecule has 0 saturated heterocycles. The van der Waals surface area contributed by atoms with E-state index in [2.05, 4.69) is 41.5 Å². The molecule has 0 rings (SSSR count). The first kappa shape index (κ1) is 94.1. The minimum Gasteiger partial charge on any atom is -0.462 e. The summed E-state index contributed by atoms with van der Waals surface area (Å²) in [5.41, 5.74) is 0. The number of carbonyl (C=O) groups excluding carboxylic acids is 4. The summed E-state index contributed by atoms with van der Waals surface area (Å²) in [4.78, 5) is 72.7. The van der Waals surface area contributed by atoms with Crippen LogP contribution in [0.1, 0.15) is 401 Å². The highest BCUT2D eigenvalue weighted by Gasteiger charge is 2.30. The van der Waals surface area contributed by atoms with Crippen LogP contribution in [0.5, 0.6) is 0 Å². The van der Waals surface area contributed by atoms with Crippen molar-refractivity contribution in [2.24, 2.45) is 11.8 Å². The fraction of sp³-hybridized carbons (Fsp3) is 0.948. The molecule has 0 saturated carbocycles. The fourth-order valence-electron chi connectivity index (χ4n) is 11.8. The normalized spacial score (nSPS) is 14.3. The smallest absolute Gasteiger partial charge is 0.462 e. The second-order valence-electron chi connectivity index (χ2n) is 28.5. The van der Waals surface area contributed by atoms with Crippen molar-refractivity contribution >= 4 is 39.5 Å². The Morgan fingerprint density at radius 1 is 0.302 bits per heavy atom. The van der Waals surface area contributed by atoms with Gasteiger partial charge in [-0.2, -0.15) is 0 Å². The van der Waals surface area contributed by atoms with Crippen molar-refractivity contribution in [1.82, 2.24) is 0 Å². The Morgan fingerprint density at radius 2 is 0.531 bits per heavy atom. The first-order chi connectivity index (χ1) is 46.4. The molecule has 0 bridgehead atoms. The number of aliphatic hydroxyl groups excluding tert-OH is 1. The first-order valence-electron chi connectivity index (χ1n) is 40.0. The van der Waals surface area contributed by atoms with E-state index in [1.165, 1.54) is 205 Å². The summed E-state index contributed by atoms with van der Waals surface area (Å²) in [6.07, 6.45) is 57.0. The number of esters is 4. The van der Waals surface area contributed by atoms with Crippen molar-refractivity contribution in [2.45, 2.75) is 419 Å². The van der Waals surface area contributed by atoms with Crippen LogP contribution in [0.15, 0.2) is 0 Å². The predicted molar refractivity (Wildman–Crippen MR) is 391 cm³/mol. The number of phosphoric acid groups is 2. The number of ether oxygens (including phenoxy) is 4. The van der Waals surface area contributed by atoms with Crippen LogP contribution >= 0.6 is 15.6 Å². The Morgan fingerprint density at radius 3 is 0.792 bits per heavy atom. The molecule has 0 aromatic heterocycles. The van der Waals surface area contributed by atoms with Gasteiger partial charge in [0.25, 0.3) is 0 Å². The first-order valence-corrected chi connectivity index (χ1v) is 43.0. The zero-order valence-corrected chi connectivity index (χ0v) is 64.5. The zero-order chi connectivity index (χ0) is 70.7.